The Bertz CT molecular complexity index is 752. The van der Waals surface area contributed by atoms with Crippen LogP contribution < -0.4 is 0 Å². The van der Waals surface area contributed by atoms with Crippen LogP contribution in [0.25, 0.3) is 0 Å². The van der Waals surface area contributed by atoms with E-state index in [0.717, 1.165) is 24.6 Å². The number of aromatic nitrogens is 5. The fourth-order valence-electron chi connectivity index (χ4n) is 3.29. The first-order valence-electron chi connectivity index (χ1n) is 8.20. The second kappa shape index (κ2) is 6.06. The molecule has 1 N–H and O–H groups in total. The van der Waals surface area contributed by atoms with Gasteiger partial charge in [-0.1, -0.05) is 0 Å². The monoisotopic (exact) mass is 329 g/mol. The zero-order chi connectivity index (χ0) is 16.5. The quantitative estimate of drug-likeness (QED) is 0.842. The highest BCUT2D eigenvalue weighted by atomic mass is 16.2. The van der Waals surface area contributed by atoms with Gasteiger partial charge in [-0.25, -0.2) is 0 Å². The van der Waals surface area contributed by atoms with Gasteiger partial charge in [-0.3, -0.25) is 14.7 Å². The van der Waals surface area contributed by atoms with Gasteiger partial charge < -0.3 is 14.4 Å². The molecule has 2 aromatic heterocycles. The topological polar surface area (TPSA) is 100 Å². The van der Waals surface area contributed by atoms with Gasteiger partial charge in [0, 0.05) is 45.2 Å². The summed E-state index contributed by atoms with van der Waals surface area (Å²) in [6, 6.07) is 1.68. The highest BCUT2D eigenvalue weighted by Gasteiger charge is 2.26. The summed E-state index contributed by atoms with van der Waals surface area (Å²) in [6.45, 7) is 3.10. The first kappa shape index (κ1) is 14.9. The molecule has 1 saturated heterocycles. The van der Waals surface area contributed by atoms with E-state index in [1.54, 1.807) is 17.2 Å². The van der Waals surface area contributed by atoms with E-state index in [-0.39, 0.29) is 11.8 Å². The second-order valence-corrected chi connectivity index (χ2v) is 6.12. The van der Waals surface area contributed by atoms with Crippen LogP contribution in [0.2, 0.25) is 0 Å². The average Bonchev–Trinajstić information content (AvgIpc) is 3.29. The van der Waals surface area contributed by atoms with Crippen LogP contribution in [-0.2, 0) is 24.3 Å². The second-order valence-electron chi connectivity index (χ2n) is 6.12. The van der Waals surface area contributed by atoms with Crippen molar-refractivity contribution in [1.29, 1.82) is 0 Å². The molecular formula is C15H19N7O2. The van der Waals surface area contributed by atoms with Crippen molar-refractivity contribution < 1.29 is 9.59 Å². The molecule has 4 rings (SSSR count). The van der Waals surface area contributed by atoms with Gasteiger partial charge in [0.2, 0.25) is 5.91 Å². The third-order valence-corrected chi connectivity index (χ3v) is 4.62. The molecule has 0 aromatic carbocycles. The highest BCUT2D eigenvalue weighted by molar-refractivity contribution is 5.92. The summed E-state index contributed by atoms with van der Waals surface area (Å²) in [5, 5.41) is 15.1. The van der Waals surface area contributed by atoms with Crippen molar-refractivity contribution in [2.75, 3.05) is 19.6 Å². The smallest absolute Gasteiger partial charge is 0.271 e. The van der Waals surface area contributed by atoms with Gasteiger partial charge in [0.05, 0.1) is 6.54 Å². The van der Waals surface area contributed by atoms with E-state index in [4.69, 9.17) is 0 Å². The Morgan fingerprint density at radius 3 is 2.83 bits per heavy atom. The number of hydrogen-bond acceptors (Lipinski definition) is 5. The zero-order valence-electron chi connectivity index (χ0n) is 13.3. The van der Waals surface area contributed by atoms with Gasteiger partial charge in [-0.15, -0.1) is 10.2 Å². The number of nitrogens with zero attached hydrogens (tertiary/aromatic N) is 6. The van der Waals surface area contributed by atoms with Crippen molar-refractivity contribution in [3.8, 4) is 0 Å². The standard InChI is InChI=1S/C15H19N7O2/c23-14-2-1-6-21(14)10-13-19-18-12-4-7-20(8-9-22(12)13)15(24)11-3-5-16-17-11/h3,5H,1-2,4,6-10H2,(H,16,17). The normalized spacial score (nSPS) is 17.9. The Kier molecular flexibility index (Phi) is 3.75. The number of carbonyl (C=O) groups is 2. The summed E-state index contributed by atoms with van der Waals surface area (Å²) in [7, 11) is 0. The van der Waals surface area contributed by atoms with Crippen molar-refractivity contribution in [3.05, 3.63) is 29.6 Å². The molecule has 0 unspecified atom stereocenters. The Morgan fingerprint density at radius 1 is 1.17 bits per heavy atom. The third-order valence-electron chi connectivity index (χ3n) is 4.62. The molecule has 24 heavy (non-hydrogen) atoms. The lowest BCUT2D eigenvalue weighted by molar-refractivity contribution is -0.128. The predicted octanol–water partition coefficient (Wildman–Crippen LogP) is -0.178. The summed E-state index contributed by atoms with van der Waals surface area (Å²) in [6.07, 6.45) is 3.76. The molecule has 0 aliphatic carbocycles. The van der Waals surface area contributed by atoms with Gasteiger partial charge in [0.1, 0.15) is 11.5 Å². The van der Waals surface area contributed by atoms with Crippen LogP contribution in [0.1, 0.15) is 35.0 Å². The van der Waals surface area contributed by atoms with Gasteiger partial charge in [0.15, 0.2) is 5.82 Å². The van der Waals surface area contributed by atoms with Gasteiger partial charge in [0.25, 0.3) is 5.91 Å². The summed E-state index contributed by atoms with van der Waals surface area (Å²) in [5.41, 5.74) is 0.496. The van der Waals surface area contributed by atoms with Crippen molar-refractivity contribution in [3.63, 3.8) is 0 Å². The fourth-order valence-corrected chi connectivity index (χ4v) is 3.29. The Balaban J connectivity index is 1.47. The number of carbonyl (C=O) groups excluding carboxylic acids is 2. The summed E-state index contributed by atoms with van der Waals surface area (Å²) < 4.78 is 2.05. The minimum Gasteiger partial charge on any atom is -0.335 e. The van der Waals surface area contributed by atoms with Crippen LogP contribution in [0.5, 0.6) is 0 Å². The fraction of sp³-hybridized carbons (Fsp3) is 0.533. The van der Waals surface area contributed by atoms with Crippen molar-refractivity contribution in [2.45, 2.75) is 32.4 Å². The Morgan fingerprint density at radius 2 is 2.08 bits per heavy atom. The molecule has 4 heterocycles. The Hall–Kier alpha value is -2.71. The van der Waals surface area contributed by atoms with Crippen LogP contribution in [-0.4, -0.2) is 66.2 Å². The summed E-state index contributed by atoms with van der Waals surface area (Å²) in [5.74, 6) is 1.80. The lowest BCUT2D eigenvalue weighted by Gasteiger charge is -2.19. The summed E-state index contributed by atoms with van der Waals surface area (Å²) >= 11 is 0. The molecule has 9 heteroatoms. The van der Waals surface area contributed by atoms with Crippen molar-refractivity contribution in [1.82, 2.24) is 34.8 Å². The molecule has 0 atom stereocenters. The van der Waals surface area contributed by atoms with Crippen molar-refractivity contribution in [2.24, 2.45) is 0 Å². The highest BCUT2D eigenvalue weighted by Crippen LogP contribution is 2.16. The van der Waals surface area contributed by atoms with E-state index >= 15 is 0 Å². The number of likely N-dealkylation sites (tertiary alicyclic amines) is 1. The predicted molar refractivity (Wildman–Crippen MR) is 82.9 cm³/mol. The minimum absolute atomic E-state index is 0.0533. The van der Waals surface area contributed by atoms with E-state index in [1.165, 1.54) is 0 Å². The molecule has 2 aliphatic rings. The molecule has 0 saturated carbocycles. The molecule has 0 spiro atoms. The number of aromatic amines is 1. The van der Waals surface area contributed by atoms with Crippen LogP contribution >= 0.6 is 0 Å². The number of rotatable bonds is 3. The molecule has 0 radical (unpaired) electrons. The molecule has 2 aliphatic heterocycles. The van der Waals surface area contributed by atoms with E-state index in [2.05, 4.69) is 20.4 Å². The lowest BCUT2D eigenvalue weighted by atomic mass is 10.3. The number of amides is 2. The van der Waals surface area contributed by atoms with Crippen LogP contribution in [0.15, 0.2) is 12.3 Å². The maximum absolute atomic E-state index is 12.4. The SMILES string of the molecule is O=C1CCCN1Cc1nnc2n1CCN(C(=O)c1ccn[nH]1)CC2. The maximum atomic E-state index is 12.4. The molecule has 1 fully saturated rings. The first-order valence-corrected chi connectivity index (χ1v) is 8.20. The Labute approximate surface area is 138 Å². The first-order chi connectivity index (χ1) is 11.7. The number of fused-ring (bicyclic) bond motifs is 1. The molecular weight excluding hydrogens is 310 g/mol. The zero-order valence-corrected chi connectivity index (χ0v) is 13.3. The maximum Gasteiger partial charge on any atom is 0.271 e. The lowest BCUT2D eigenvalue weighted by Crippen LogP contribution is -2.34. The van der Waals surface area contributed by atoms with E-state index in [0.29, 0.717) is 44.7 Å². The third kappa shape index (κ3) is 2.66. The van der Waals surface area contributed by atoms with Gasteiger partial charge in [-0.05, 0) is 12.5 Å². The largest absolute Gasteiger partial charge is 0.335 e. The van der Waals surface area contributed by atoms with Crippen LogP contribution in [0.4, 0.5) is 0 Å². The van der Waals surface area contributed by atoms with Crippen LogP contribution in [0, 0.1) is 0 Å². The molecule has 2 amide bonds. The van der Waals surface area contributed by atoms with Crippen molar-refractivity contribution >= 4 is 11.8 Å². The molecule has 126 valence electrons. The van der Waals surface area contributed by atoms with E-state index in [9.17, 15) is 9.59 Å². The number of H-pyrrole nitrogens is 1. The van der Waals surface area contributed by atoms with Gasteiger partial charge in [-0.2, -0.15) is 5.10 Å². The average molecular weight is 329 g/mol. The molecule has 0 bridgehead atoms. The minimum atomic E-state index is -0.0533. The van der Waals surface area contributed by atoms with Crippen LogP contribution in [0.3, 0.4) is 0 Å². The molecule has 2 aromatic rings. The van der Waals surface area contributed by atoms with E-state index in [1.807, 2.05) is 9.47 Å². The van der Waals surface area contributed by atoms with E-state index < -0.39 is 0 Å². The summed E-state index contributed by atoms with van der Waals surface area (Å²) in [4.78, 5) is 27.9. The number of hydrogen-bond donors (Lipinski definition) is 1. The molecule has 9 nitrogen and oxygen atoms in total. The number of nitrogens with one attached hydrogen (secondary N) is 1. The van der Waals surface area contributed by atoms with Gasteiger partial charge >= 0.3 is 0 Å².